The lowest BCUT2D eigenvalue weighted by molar-refractivity contribution is 0.0689. The van der Waals surface area contributed by atoms with Crippen LogP contribution in [0.25, 0.3) is 0 Å². The number of hydrogen-bond donors (Lipinski definition) is 2. The number of halogens is 2. The molecule has 0 aliphatic heterocycles. The number of benzene rings is 1. The molecule has 0 radical (unpaired) electrons. The molecule has 0 unspecified atom stereocenters. The standard InChI is InChI=1S/C11H7BrClN3O2/c12-6-1-2-7(13)9(5-6)14-10-4-3-8(11(17)18)15-16-10/h1-5H,(H,14,16)(H,17,18). The zero-order valence-corrected chi connectivity index (χ0v) is 11.2. The topological polar surface area (TPSA) is 75.1 Å². The average molecular weight is 329 g/mol. The van der Waals surface area contributed by atoms with Gasteiger partial charge in [-0.1, -0.05) is 27.5 Å². The summed E-state index contributed by atoms with van der Waals surface area (Å²) in [4.78, 5) is 10.6. The minimum atomic E-state index is -1.12. The van der Waals surface area contributed by atoms with Gasteiger partial charge in [-0.05, 0) is 30.3 Å². The smallest absolute Gasteiger partial charge is 0.356 e. The Bertz CT molecular complexity index is 589. The number of aromatic nitrogens is 2. The lowest BCUT2D eigenvalue weighted by Crippen LogP contribution is -2.03. The van der Waals surface area contributed by atoms with Gasteiger partial charge in [-0.2, -0.15) is 0 Å². The highest BCUT2D eigenvalue weighted by Gasteiger charge is 2.06. The summed E-state index contributed by atoms with van der Waals surface area (Å²) in [5, 5.41) is 19.5. The molecule has 18 heavy (non-hydrogen) atoms. The number of aromatic carboxylic acids is 1. The molecule has 0 fully saturated rings. The molecule has 0 atom stereocenters. The third-order valence-corrected chi connectivity index (χ3v) is 2.90. The Morgan fingerprint density at radius 1 is 1.28 bits per heavy atom. The summed E-state index contributed by atoms with van der Waals surface area (Å²) < 4.78 is 0.865. The predicted molar refractivity (Wildman–Crippen MR) is 71.4 cm³/mol. The first-order chi connectivity index (χ1) is 8.56. The highest BCUT2D eigenvalue weighted by molar-refractivity contribution is 9.10. The van der Waals surface area contributed by atoms with Gasteiger partial charge in [-0.25, -0.2) is 4.79 Å². The molecule has 92 valence electrons. The van der Waals surface area contributed by atoms with Gasteiger partial charge in [0, 0.05) is 4.47 Å². The Hall–Kier alpha value is -1.66. The second kappa shape index (κ2) is 5.32. The van der Waals surface area contributed by atoms with Crippen molar-refractivity contribution < 1.29 is 9.90 Å². The van der Waals surface area contributed by atoms with Crippen LogP contribution in [-0.4, -0.2) is 21.3 Å². The molecular formula is C11H7BrClN3O2. The number of carbonyl (C=O) groups is 1. The molecule has 0 saturated carbocycles. The number of hydrogen-bond acceptors (Lipinski definition) is 4. The van der Waals surface area contributed by atoms with Crippen LogP contribution in [-0.2, 0) is 0 Å². The Balaban J connectivity index is 2.23. The van der Waals surface area contributed by atoms with Gasteiger partial charge in [0.15, 0.2) is 11.5 Å². The van der Waals surface area contributed by atoms with Crippen LogP contribution >= 0.6 is 27.5 Å². The molecule has 0 bridgehead atoms. The highest BCUT2D eigenvalue weighted by atomic mass is 79.9. The normalized spacial score (nSPS) is 10.1. The summed E-state index contributed by atoms with van der Waals surface area (Å²) in [6.45, 7) is 0. The van der Waals surface area contributed by atoms with E-state index in [4.69, 9.17) is 16.7 Å². The molecule has 1 heterocycles. The molecule has 2 N–H and O–H groups in total. The molecule has 5 nitrogen and oxygen atoms in total. The van der Waals surface area contributed by atoms with E-state index in [2.05, 4.69) is 31.4 Å². The number of anilines is 2. The van der Waals surface area contributed by atoms with Crippen molar-refractivity contribution in [1.82, 2.24) is 10.2 Å². The number of nitrogens with one attached hydrogen (secondary N) is 1. The van der Waals surface area contributed by atoms with E-state index in [1.54, 1.807) is 12.1 Å². The number of carboxylic acids is 1. The minimum Gasteiger partial charge on any atom is -0.476 e. The largest absolute Gasteiger partial charge is 0.476 e. The fourth-order valence-corrected chi connectivity index (χ4v) is 1.77. The van der Waals surface area contributed by atoms with Gasteiger partial charge in [-0.3, -0.25) is 0 Å². The van der Waals surface area contributed by atoms with Gasteiger partial charge in [0.05, 0.1) is 10.7 Å². The quantitative estimate of drug-likeness (QED) is 0.904. The van der Waals surface area contributed by atoms with E-state index in [9.17, 15) is 4.79 Å². The summed E-state index contributed by atoms with van der Waals surface area (Å²) in [7, 11) is 0. The number of carboxylic acid groups (broad SMARTS) is 1. The summed E-state index contributed by atoms with van der Waals surface area (Å²) >= 11 is 9.33. The summed E-state index contributed by atoms with van der Waals surface area (Å²) in [5.41, 5.74) is 0.546. The maximum atomic E-state index is 10.6. The van der Waals surface area contributed by atoms with E-state index in [-0.39, 0.29) is 5.69 Å². The van der Waals surface area contributed by atoms with Gasteiger partial charge in [0.25, 0.3) is 0 Å². The zero-order chi connectivity index (χ0) is 13.1. The first-order valence-electron chi connectivity index (χ1n) is 4.85. The van der Waals surface area contributed by atoms with E-state index in [0.717, 1.165) is 4.47 Å². The third-order valence-electron chi connectivity index (χ3n) is 2.07. The lowest BCUT2D eigenvalue weighted by atomic mass is 10.3. The van der Waals surface area contributed by atoms with Gasteiger partial charge < -0.3 is 10.4 Å². The molecule has 2 rings (SSSR count). The average Bonchev–Trinajstić information content (AvgIpc) is 2.34. The number of rotatable bonds is 3. The number of nitrogens with zero attached hydrogens (tertiary/aromatic N) is 2. The first kappa shape index (κ1) is 12.8. The van der Waals surface area contributed by atoms with Gasteiger partial charge in [0.2, 0.25) is 0 Å². The van der Waals surface area contributed by atoms with Crippen molar-refractivity contribution in [2.24, 2.45) is 0 Å². The molecule has 7 heteroatoms. The fraction of sp³-hybridized carbons (Fsp3) is 0. The van der Waals surface area contributed by atoms with Crippen molar-refractivity contribution in [3.8, 4) is 0 Å². The summed E-state index contributed by atoms with van der Waals surface area (Å²) in [6, 6.07) is 8.21. The van der Waals surface area contributed by atoms with Crippen molar-refractivity contribution >= 4 is 45.0 Å². The molecule has 1 aromatic carbocycles. The Morgan fingerprint density at radius 2 is 2.06 bits per heavy atom. The molecular weight excluding hydrogens is 321 g/mol. The molecule has 1 aromatic heterocycles. The van der Waals surface area contributed by atoms with Gasteiger partial charge >= 0.3 is 5.97 Å². The van der Waals surface area contributed by atoms with Crippen LogP contribution in [0, 0.1) is 0 Å². The maximum Gasteiger partial charge on any atom is 0.356 e. The molecule has 0 spiro atoms. The van der Waals surface area contributed by atoms with Gasteiger partial charge in [-0.15, -0.1) is 10.2 Å². The van der Waals surface area contributed by atoms with Crippen molar-refractivity contribution in [1.29, 1.82) is 0 Å². The molecule has 0 saturated heterocycles. The molecule has 0 aliphatic rings. The van der Waals surface area contributed by atoms with E-state index >= 15 is 0 Å². The first-order valence-corrected chi connectivity index (χ1v) is 6.02. The highest BCUT2D eigenvalue weighted by Crippen LogP contribution is 2.27. The molecule has 0 aliphatic carbocycles. The van der Waals surface area contributed by atoms with Crippen LogP contribution in [0.1, 0.15) is 10.5 Å². The van der Waals surface area contributed by atoms with Crippen LogP contribution in [0.3, 0.4) is 0 Å². The van der Waals surface area contributed by atoms with Crippen molar-refractivity contribution in [2.45, 2.75) is 0 Å². The lowest BCUT2D eigenvalue weighted by Gasteiger charge is -2.07. The second-order valence-corrected chi connectivity index (χ2v) is 4.68. The van der Waals surface area contributed by atoms with Crippen LogP contribution in [0.2, 0.25) is 5.02 Å². The molecule has 0 amide bonds. The Kier molecular flexibility index (Phi) is 3.78. The summed E-state index contributed by atoms with van der Waals surface area (Å²) in [6.07, 6.45) is 0. The van der Waals surface area contributed by atoms with Crippen LogP contribution in [0.15, 0.2) is 34.8 Å². The minimum absolute atomic E-state index is 0.110. The van der Waals surface area contributed by atoms with Crippen molar-refractivity contribution in [3.63, 3.8) is 0 Å². The van der Waals surface area contributed by atoms with E-state index < -0.39 is 5.97 Å². The van der Waals surface area contributed by atoms with Crippen molar-refractivity contribution in [3.05, 3.63) is 45.5 Å². The van der Waals surface area contributed by atoms with Crippen LogP contribution in [0.4, 0.5) is 11.5 Å². The van der Waals surface area contributed by atoms with Crippen molar-refractivity contribution in [2.75, 3.05) is 5.32 Å². The maximum absolute atomic E-state index is 10.6. The van der Waals surface area contributed by atoms with Gasteiger partial charge in [0.1, 0.15) is 0 Å². The fourth-order valence-electron chi connectivity index (χ4n) is 1.24. The van der Waals surface area contributed by atoms with Crippen LogP contribution < -0.4 is 5.32 Å². The zero-order valence-electron chi connectivity index (χ0n) is 8.89. The van der Waals surface area contributed by atoms with E-state index in [1.165, 1.54) is 12.1 Å². The van der Waals surface area contributed by atoms with Crippen LogP contribution in [0.5, 0.6) is 0 Å². The third kappa shape index (κ3) is 2.96. The predicted octanol–water partition coefficient (Wildman–Crippen LogP) is 3.33. The van der Waals surface area contributed by atoms with E-state index in [1.807, 2.05) is 6.07 Å². The molecule has 2 aromatic rings. The Morgan fingerprint density at radius 3 is 2.67 bits per heavy atom. The Labute approximate surface area is 116 Å². The SMILES string of the molecule is O=C(O)c1ccc(Nc2cc(Br)ccc2Cl)nn1. The summed E-state index contributed by atoms with van der Waals surface area (Å²) in [5.74, 6) is -0.700. The monoisotopic (exact) mass is 327 g/mol. The van der Waals surface area contributed by atoms with E-state index in [0.29, 0.717) is 16.5 Å². The second-order valence-electron chi connectivity index (χ2n) is 3.36.